The number of ether oxygens (including phenoxy) is 1. The Morgan fingerprint density at radius 3 is 2.20 bits per heavy atom. The van der Waals surface area contributed by atoms with Crippen molar-refractivity contribution in [2.75, 3.05) is 26.7 Å². The fourth-order valence-corrected chi connectivity index (χ4v) is 6.74. The van der Waals surface area contributed by atoms with E-state index in [4.69, 9.17) is 4.74 Å². The second-order valence-corrected chi connectivity index (χ2v) is 13.6. The lowest BCUT2D eigenvalue weighted by Gasteiger charge is -2.38. The maximum absolute atomic E-state index is 15.8. The average Bonchev–Trinajstić information content (AvgIpc) is 2.95. The standard InChI is InChI=1S/C37H45F4N3O5/c1-20(2)10-31(44-17-25(8-9-43-18-27(19-43)49-7)29(15-32(44)45)37(39,40)41)36(48)42-30(16-33(46)47)28-14-26(13-24(6)35(28)38)34-22(4)11-21(3)12-23(34)5/h11-15,17,20,27,30-31H,8-10,16,18-19H2,1-7H3,(H,42,48)(H,46,47). The summed E-state index contributed by atoms with van der Waals surface area (Å²) in [5.41, 5.74) is 2.40. The van der Waals surface area contributed by atoms with Crippen LogP contribution in [0.15, 0.2) is 41.3 Å². The summed E-state index contributed by atoms with van der Waals surface area (Å²) >= 11 is 0. The predicted molar refractivity (Wildman–Crippen MR) is 179 cm³/mol. The van der Waals surface area contributed by atoms with Crippen molar-refractivity contribution in [2.24, 2.45) is 5.92 Å². The van der Waals surface area contributed by atoms with Crippen molar-refractivity contribution in [3.05, 3.63) is 91.6 Å². The number of methoxy groups -OCH3 is 1. The molecule has 49 heavy (non-hydrogen) atoms. The van der Waals surface area contributed by atoms with E-state index >= 15 is 4.39 Å². The first-order chi connectivity index (χ1) is 22.9. The molecule has 3 aromatic rings. The van der Waals surface area contributed by atoms with Crippen LogP contribution in [0.5, 0.6) is 0 Å². The topological polar surface area (TPSA) is 101 Å². The Labute approximate surface area is 284 Å². The van der Waals surface area contributed by atoms with Gasteiger partial charge in [0.2, 0.25) is 5.91 Å². The van der Waals surface area contributed by atoms with Gasteiger partial charge >= 0.3 is 12.1 Å². The molecule has 1 saturated heterocycles. The molecule has 0 bridgehead atoms. The summed E-state index contributed by atoms with van der Waals surface area (Å²) in [7, 11) is 1.57. The van der Waals surface area contributed by atoms with Crippen LogP contribution in [0.25, 0.3) is 11.1 Å². The van der Waals surface area contributed by atoms with Crippen LogP contribution in [-0.2, 0) is 26.9 Å². The molecule has 4 rings (SSSR count). The first-order valence-electron chi connectivity index (χ1n) is 16.4. The lowest BCUT2D eigenvalue weighted by atomic mass is 9.89. The number of nitrogens with one attached hydrogen (secondary N) is 1. The Balaban J connectivity index is 1.75. The van der Waals surface area contributed by atoms with Gasteiger partial charge in [-0.3, -0.25) is 19.3 Å². The normalized spacial score (nSPS) is 15.3. The van der Waals surface area contributed by atoms with Gasteiger partial charge < -0.3 is 19.7 Å². The number of carboxylic acids is 1. The molecule has 1 amide bonds. The highest BCUT2D eigenvalue weighted by molar-refractivity contribution is 5.82. The molecule has 2 N–H and O–H groups in total. The molecule has 12 heteroatoms. The van der Waals surface area contributed by atoms with E-state index in [1.165, 1.54) is 6.07 Å². The van der Waals surface area contributed by atoms with Crippen molar-refractivity contribution < 1.29 is 37.0 Å². The smallest absolute Gasteiger partial charge is 0.416 e. The fourth-order valence-electron chi connectivity index (χ4n) is 6.74. The minimum atomic E-state index is -4.80. The number of amides is 1. The number of carbonyl (C=O) groups is 2. The zero-order chi connectivity index (χ0) is 36.4. The summed E-state index contributed by atoms with van der Waals surface area (Å²) in [6.45, 7) is 12.4. The van der Waals surface area contributed by atoms with E-state index in [1.807, 2.05) is 37.8 Å². The van der Waals surface area contributed by atoms with Crippen molar-refractivity contribution in [3.63, 3.8) is 0 Å². The van der Waals surface area contributed by atoms with E-state index in [1.54, 1.807) is 33.9 Å². The highest BCUT2D eigenvalue weighted by Crippen LogP contribution is 2.35. The molecule has 1 fully saturated rings. The number of hydrogen-bond acceptors (Lipinski definition) is 5. The Morgan fingerprint density at radius 2 is 1.65 bits per heavy atom. The number of likely N-dealkylation sites (tertiary alicyclic amines) is 1. The molecule has 0 saturated carbocycles. The summed E-state index contributed by atoms with van der Waals surface area (Å²) < 4.78 is 64.3. The maximum Gasteiger partial charge on any atom is 0.416 e. The number of nitrogens with zero attached hydrogens (tertiary/aromatic N) is 2. The zero-order valence-corrected chi connectivity index (χ0v) is 29.0. The van der Waals surface area contributed by atoms with Crippen LogP contribution in [0, 0.1) is 39.4 Å². The van der Waals surface area contributed by atoms with Crippen LogP contribution >= 0.6 is 0 Å². The molecule has 2 aromatic carbocycles. The van der Waals surface area contributed by atoms with E-state index < -0.39 is 53.5 Å². The second-order valence-electron chi connectivity index (χ2n) is 13.6. The summed E-state index contributed by atoms with van der Waals surface area (Å²) in [5, 5.41) is 12.5. The first kappa shape index (κ1) is 37.8. The monoisotopic (exact) mass is 687 g/mol. The van der Waals surface area contributed by atoms with Gasteiger partial charge in [-0.1, -0.05) is 31.5 Å². The third kappa shape index (κ3) is 8.96. The minimum Gasteiger partial charge on any atom is -0.481 e. The van der Waals surface area contributed by atoms with Crippen molar-refractivity contribution >= 4 is 11.9 Å². The lowest BCUT2D eigenvalue weighted by Crippen LogP contribution is -2.52. The molecule has 0 aliphatic carbocycles. The highest BCUT2D eigenvalue weighted by atomic mass is 19.4. The molecule has 2 unspecified atom stereocenters. The van der Waals surface area contributed by atoms with E-state index in [0.717, 1.165) is 33.0 Å². The van der Waals surface area contributed by atoms with Gasteiger partial charge in [0.05, 0.1) is 24.1 Å². The Kier molecular flexibility index (Phi) is 11.8. The van der Waals surface area contributed by atoms with Crippen molar-refractivity contribution in [1.29, 1.82) is 0 Å². The van der Waals surface area contributed by atoms with Gasteiger partial charge in [0.15, 0.2) is 0 Å². The van der Waals surface area contributed by atoms with Gasteiger partial charge in [-0.05, 0) is 92.0 Å². The van der Waals surface area contributed by atoms with Gasteiger partial charge in [-0.25, -0.2) is 4.39 Å². The molecule has 2 heterocycles. The van der Waals surface area contributed by atoms with Gasteiger partial charge in [-0.15, -0.1) is 0 Å². The summed E-state index contributed by atoms with van der Waals surface area (Å²) in [5.74, 6) is -2.97. The predicted octanol–water partition coefficient (Wildman–Crippen LogP) is 6.70. The van der Waals surface area contributed by atoms with E-state index in [9.17, 15) is 32.7 Å². The van der Waals surface area contributed by atoms with Crippen LogP contribution < -0.4 is 10.9 Å². The van der Waals surface area contributed by atoms with Crippen molar-refractivity contribution in [2.45, 2.75) is 85.2 Å². The Morgan fingerprint density at radius 1 is 1.02 bits per heavy atom. The number of halogens is 4. The number of alkyl halides is 3. The molecule has 8 nitrogen and oxygen atoms in total. The van der Waals surface area contributed by atoms with E-state index in [2.05, 4.69) is 5.32 Å². The number of hydrogen-bond donors (Lipinski definition) is 2. The number of aliphatic carboxylic acids is 1. The molecule has 0 radical (unpaired) electrons. The van der Waals surface area contributed by atoms with Crippen molar-refractivity contribution in [1.82, 2.24) is 14.8 Å². The quantitative estimate of drug-likeness (QED) is 0.194. The molecule has 1 aliphatic rings. The molecule has 0 spiro atoms. The Hall–Kier alpha value is -4.03. The second kappa shape index (κ2) is 15.2. The largest absolute Gasteiger partial charge is 0.481 e. The zero-order valence-electron chi connectivity index (χ0n) is 29.0. The number of benzene rings is 2. The molecular formula is C37H45F4N3O5. The molecule has 1 aliphatic heterocycles. The first-order valence-corrected chi connectivity index (χ1v) is 16.4. The lowest BCUT2D eigenvalue weighted by molar-refractivity contribution is -0.139. The summed E-state index contributed by atoms with van der Waals surface area (Å²) in [6, 6.07) is 5.06. The molecule has 2 atom stereocenters. The SMILES string of the molecule is COC1CN(CCc2cn(C(CC(C)C)C(=O)NC(CC(=O)O)c3cc(-c4c(C)cc(C)cc4C)cc(C)c3F)c(=O)cc2C(F)(F)F)C1. The van der Waals surface area contributed by atoms with Crippen LogP contribution in [0.3, 0.4) is 0 Å². The van der Waals surface area contributed by atoms with E-state index in [0.29, 0.717) is 24.7 Å². The van der Waals surface area contributed by atoms with Gasteiger partial charge in [0.25, 0.3) is 5.56 Å². The Bertz CT molecular complexity index is 1740. The third-order valence-electron chi connectivity index (χ3n) is 9.08. The minimum absolute atomic E-state index is 0.00756. The molecule has 266 valence electrons. The number of rotatable bonds is 13. The number of carboxylic acid groups (broad SMARTS) is 1. The van der Waals surface area contributed by atoms with Gasteiger partial charge in [0, 0.05) is 44.6 Å². The van der Waals surface area contributed by atoms with Crippen LogP contribution in [0.1, 0.15) is 77.7 Å². The van der Waals surface area contributed by atoms with Crippen LogP contribution in [0.4, 0.5) is 17.6 Å². The van der Waals surface area contributed by atoms with E-state index in [-0.39, 0.29) is 48.1 Å². The highest BCUT2D eigenvalue weighted by Gasteiger charge is 2.36. The van der Waals surface area contributed by atoms with Gasteiger partial charge in [0.1, 0.15) is 11.9 Å². The number of aromatic nitrogens is 1. The van der Waals surface area contributed by atoms with Crippen molar-refractivity contribution in [3.8, 4) is 11.1 Å². The number of aryl methyl sites for hydroxylation is 4. The maximum atomic E-state index is 15.8. The van der Waals surface area contributed by atoms with Crippen LogP contribution in [-0.4, -0.2) is 59.3 Å². The van der Waals surface area contributed by atoms with Gasteiger partial charge in [-0.2, -0.15) is 13.2 Å². The average molecular weight is 688 g/mol. The summed E-state index contributed by atoms with van der Waals surface area (Å²) in [6.07, 6.45) is -4.34. The summed E-state index contributed by atoms with van der Waals surface area (Å²) in [4.78, 5) is 41.3. The number of carbonyl (C=O) groups excluding carboxylic acids is 1. The fraction of sp³-hybridized carbons (Fsp3) is 0.486. The third-order valence-corrected chi connectivity index (χ3v) is 9.08. The van der Waals surface area contributed by atoms with Crippen LogP contribution in [0.2, 0.25) is 0 Å². The molecule has 1 aromatic heterocycles. The molecular weight excluding hydrogens is 642 g/mol. The number of pyridine rings is 1.